The zero-order valence-electron chi connectivity index (χ0n) is 18.1. The van der Waals surface area contributed by atoms with Gasteiger partial charge in [0.2, 0.25) is 0 Å². The summed E-state index contributed by atoms with van der Waals surface area (Å²) in [5, 5.41) is 10.6. The summed E-state index contributed by atoms with van der Waals surface area (Å²) in [4.78, 5) is 10.1. The minimum absolute atomic E-state index is 0.206. The number of nitrogens with zero attached hydrogens (tertiary/aromatic N) is 3. The topological polar surface area (TPSA) is 50.9 Å². The second-order valence-electron chi connectivity index (χ2n) is 8.07. The Hall–Kier alpha value is -2.20. The fourth-order valence-electron chi connectivity index (χ4n) is 3.94. The first-order valence-corrected chi connectivity index (χ1v) is 10.5. The Morgan fingerprint density at radius 3 is 2.43 bits per heavy atom. The van der Waals surface area contributed by atoms with Crippen molar-refractivity contribution in [1.29, 1.82) is 0 Å². The molecule has 0 bridgehead atoms. The highest BCUT2D eigenvalue weighted by Gasteiger charge is 2.19. The lowest BCUT2D eigenvalue weighted by Crippen LogP contribution is -2.03. The number of rotatable bonds is 7. The van der Waals surface area contributed by atoms with Gasteiger partial charge in [-0.1, -0.05) is 34.6 Å². The first-order chi connectivity index (χ1) is 13.4. The van der Waals surface area contributed by atoms with Crippen LogP contribution in [0.3, 0.4) is 0 Å². The summed E-state index contributed by atoms with van der Waals surface area (Å²) in [6, 6.07) is 6.65. The number of aliphatic hydroxyl groups excluding tert-OH is 1. The van der Waals surface area contributed by atoms with E-state index in [0.29, 0.717) is 11.8 Å². The molecular formula is C24H33N3O. The molecule has 150 valence electrons. The quantitative estimate of drug-likeness (QED) is 0.600. The Morgan fingerprint density at radius 2 is 1.82 bits per heavy atom. The van der Waals surface area contributed by atoms with E-state index >= 15 is 0 Å². The molecule has 0 saturated carbocycles. The second-order valence-corrected chi connectivity index (χ2v) is 8.07. The average Bonchev–Trinajstić information content (AvgIpc) is 3.02. The SMILES string of the molecule is CCc1cc2c([C@H](C)CCO)cn(C)c2nc1-c1ccc(C(C)C)nc1CC. The molecular weight excluding hydrogens is 346 g/mol. The van der Waals surface area contributed by atoms with Crippen LogP contribution in [0.15, 0.2) is 24.4 Å². The summed E-state index contributed by atoms with van der Waals surface area (Å²) in [6.07, 6.45) is 4.76. The maximum absolute atomic E-state index is 9.36. The van der Waals surface area contributed by atoms with Crippen molar-refractivity contribution in [2.45, 2.75) is 65.7 Å². The predicted octanol–water partition coefficient (Wildman–Crippen LogP) is 5.37. The number of hydrogen-bond acceptors (Lipinski definition) is 3. The van der Waals surface area contributed by atoms with Crippen molar-refractivity contribution in [1.82, 2.24) is 14.5 Å². The minimum Gasteiger partial charge on any atom is -0.396 e. The number of aromatic nitrogens is 3. The Bertz CT molecular complexity index is 972. The van der Waals surface area contributed by atoms with Crippen molar-refractivity contribution in [3.8, 4) is 11.3 Å². The van der Waals surface area contributed by atoms with Crippen LogP contribution < -0.4 is 0 Å². The summed E-state index contributed by atoms with van der Waals surface area (Å²) in [6.45, 7) is 11.1. The van der Waals surface area contributed by atoms with Gasteiger partial charge in [-0.2, -0.15) is 0 Å². The Kier molecular flexibility index (Phi) is 6.19. The van der Waals surface area contributed by atoms with Crippen LogP contribution in [0.1, 0.15) is 75.4 Å². The molecule has 0 fully saturated rings. The monoisotopic (exact) mass is 379 g/mol. The Morgan fingerprint density at radius 1 is 1.07 bits per heavy atom. The molecule has 3 heterocycles. The summed E-state index contributed by atoms with van der Waals surface area (Å²) in [5.74, 6) is 0.730. The zero-order chi connectivity index (χ0) is 20.4. The minimum atomic E-state index is 0.206. The van der Waals surface area contributed by atoms with E-state index in [1.54, 1.807) is 0 Å². The molecule has 0 aliphatic heterocycles. The zero-order valence-corrected chi connectivity index (χ0v) is 18.1. The highest BCUT2D eigenvalue weighted by Crippen LogP contribution is 2.34. The van der Waals surface area contributed by atoms with Crippen molar-refractivity contribution in [3.05, 3.63) is 46.9 Å². The molecule has 28 heavy (non-hydrogen) atoms. The summed E-state index contributed by atoms with van der Waals surface area (Å²) < 4.78 is 2.11. The van der Waals surface area contributed by atoms with E-state index in [4.69, 9.17) is 9.97 Å². The van der Waals surface area contributed by atoms with Gasteiger partial charge in [-0.15, -0.1) is 0 Å². The molecule has 0 radical (unpaired) electrons. The van der Waals surface area contributed by atoms with Gasteiger partial charge in [0.1, 0.15) is 5.65 Å². The molecule has 0 saturated heterocycles. The van der Waals surface area contributed by atoms with Crippen LogP contribution in [-0.4, -0.2) is 26.2 Å². The van der Waals surface area contributed by atoms with Gasteiger partial charge in [-0.25, -0.2) is 4.98 Å². The molecule has 0 aliphatic carbocycles. The molecule has 0 unspecified atom stereocenters. The normalized spacial score (nSPS) is 12.9. The summed E-state index contributed by atoms with van der Waals surface area (Å²) >= 11 is 0. The van der Waals surface area contributed by atoms with Gasteiger partial charge < -0.3 is 9.67 Å². The van der Waals surface area contributed by atoms with E-state index in [1.165, 1.54) is 16.5 Å². The van der Waals surface area contributed by atoms with Crippen LogP contribution in [0.2, 0.25) is 0 Å². The van der Waals surface area contributed by atoms with Crippen molar-refractivity contribution >= 4 is 11.0 Å². The molecule has 0 spiro atoms. The lowest BCUT2D eigenvalue weighted by molar-refractivity contribution is 0.279. The maximum atomic E-state index is 9.36. The van der Waals surface area contributed by atoms with Gasteiger partial charge in [0.25, 0.3) is 0 Å². The molecule has 3 aromatic heterocycles. The molecule has 3 aromatic rings. The van der Waals surface area contributed by atoms with Crippen molar-refractivity contribution in [3.63, 3.8) is 0 Å². The molecule has 1 N–H and O–H groups in total. The third-order valence-corrected chi connectivity index (χ3v) is 5.71. The van der Waals surface area contributed by atoms with Gasteiger partial charge >= 0.3 is 0 Å². The van der Waals surface area contributed by atoms with E-state index in [1.807, 2.05) is 0 Å². The van der Waals surface area contributed by atoms with Crippen LogP contribution in [0.4, 0.5) is 0 Å². The highest BCUT2D eigenvalue weighted by atomic mass is 16.3. The lowest BCUT2D eigenvalue weighted by Gasteiger charge is -2.15. The summed E-state index contributed by atoms with van der Waals surface area (Å²) in [5.41, 5.74) is 7.99. The lowest BCUT2D eigenvalue weighted by atomic mass is 9.95. The second kappa shape index (κ2) is 8.44. The largest absolute Gasteiger partial charge is 0.396 e. The van der Waals surface area contributed by atoms with Gasteiger partial charge in [0.05, 0.1) is 5.69 Å². The van der Waals surface area contributed by atoms with Crippen LogP contribution >= 0.6 is 0 Å². The third kappa shape index (κ3) is 3.70. The number of hydrogen-bond donors (Lipinski definition) is 1. The molecule has 0 amide bonds. The fraction of sp³-hybridized carbons (Fsp3) is 0.500. The van der Waals surface area contributed by atoms with Gasteiger partial charge in [0, 0.05) is 42.2 Å². The number of aliphatic hydroxyl groups is 1. The molecule has 1 atom stereocenters. The third-order valence-electron chi connectivity index (χ3n) is 5.71. The molecule has 0 aliphatic rings. The van der Waals surface area contributed by atoms with E-state index in [2.05, 4.69) is 70.6 Å². The van der Waals surface area contributed by atoms with E-state index in [9.17, 15) is 5.11 Å². The number of fused-ring (bicyclic) bond motifs is 1. The smallest absolute Gasteiger partial charge is 0.140 e. The fourth-order valence-corrected chi connectivity index (χ4v) is 3.94. The number of aryl methyl sites for hydroxylation is 3. The van der Waals surface area contributed by atoms with Gasteiger partial charge in [0.15, 0.2) is 0 Å². The van der Waals surface area contributed by atoms with Crippen LogP contribution in [0, 0.1) is 0 Å². The van der Waals surface area contributed by atoms with E-state index in [-0.39, 0.29) is 6.61 Å². The number of pyridine rings is 2. The average molecular weight is 380 g/mol. The predicted molar refractivity (Wildman–Crippen MR) is 117 cm³/mol. The first-order valence-electron chi connectivity index (χ1n) is 10.5. The van der Waals surface area contributed by atoms with Gasteiger partial charge in [-0.05, 0) is 60.4 Å². The van der Waals surface area contributed by atoms with Crippen LogP contribution in [0.25, 0.3) is 22.3 Å². The Labute approximate surface area is 168 Å². The molecule has 4 nitrogen and oxygen atoms in total. The summed E-state index contributed by atoms with van der Waals surface area (Å²) in [7, 11) is 2.06. The van der Waals surface area contributed by atoms with E-state index in [0.717, 1.165) is 47.6 Å². The maximum Gasteiger partial charge on any atom is 0.140 e. The van der Waals surface area contributed by atoms with Gasteiger partial charge in [-0.3, -0.25) is 4.98 Å². The Balaban J connectivity index is 2.21. The van der Waals surface area contributed by atoms with Crippen LogP contribution in [0.5, 0.6) is 0 Å². The molecule has 4 heteroatoms. The first kappa shape index (κ1) is 20.5. The van der Waals surface area contributed by atoms with E-state index < -0.39 is 0 Å². The standard InChI is InChI=1S/C24H33N3O/c1-7-17-13-19-20(16(5)11-12-28)14-27(6)24(19)26-23(17)18-9-10-22(15(3)4)25-21(18)8-2/h9-10,13-16,28H,7-8,11-12H2,1-6H3/t16-/m1/s1. The molecule has 0 aromatic carbocycles. The van der Waals surface area contributed by atoms with Crippen molar-refractivity contribution < 1.29 is 5.11 Å². The van der Waals surface area contributed by atoms with Crippen LogP contribution in [-0.2, 0) is 19.9 Å². The van der Waals surface area contributed by atoms with Crippen molar-refractivity contribution in [2.24, 2.45) is 7.05 Å². The molecule has 3 rings (SSSR count). The van der Waals surface area contributed by atoms with Crippen molar-refractivity contribution in [2.75, 3.05) is 6.61 Å². The highest BCUT2D eigenvalue weighted by molar-refractivity contribution is 5.85.